The third-order valence-corrected chi connectivity index (χ3v) is 2.86. The topological polar surface area (TPSA) is 64.3 Å². The van der Waals surface area contributed by atoms with Crippen LogP contribution < -0.4 is 15.8 Å². The number of hydrogen-bond donors (Lipinski definition) is 2. The number of carbonyl (C=O) groups is 1. The molecule has 1 aromatic carbocycles. The van der Waals surface area contributed by atoms with Crippen molar-refractivity contribution in [3.8, 4) is 5.75 Å². The van der Waals surface area contributed by atoms with Gasteiger partial charge in [0.25, 0.3) is 0 Å². The first-order valence-corrected chi connectivity index (χ1v) is 6.13. The van der Waals surface area contributed by atoms with Gasteiger partial charge in [0.05, 0.1) is 12.9 Å². The summed E-state index contributed by atoms with van der Waals surface area (Å²) in [5, 5.41) is 2.80. The lowest BCUT2D eigenvalue weighted by Crippen LogP contribution is -2.15. The zero-order chi connectivity index (χ0) is 11.8. The summed E-state index contributed by atoms with van der Waals surface area (Å²) in [4.78, 5) is 11.4. The molecule has 0 atom stereocenters. The van der Waals surface area contributed by atoms with Crippen molar-refractivity contribution in [3.63, 3.8) is 0 Å². The first-order valence-electron chi connectivity index (χ1n) is 4.98. The Morgan fingerprint density at radius 3 is 2.69 bits per heavy atom. The van der Waals surface area contributed by atoms with Crippen molar-refractivity contribution in [2.75, 3.05) is 30.5 Å². The van der Waals surface area contributed by atoms with Gasteiger partial charge in [-0.25, -0.2) is 0 Å². The quantitative estimate of drug-likeness (QED) is 0.736. The Morgan fingerprint density at radius 2 is 2.12 bits per heavy atom. The molecule has 0 aromatic heterocycles. The summed E-state index contributed by atoms with van der Waals surface area (Å²) in [6, 6.07) is 7.24. The fraction of sp³-hybridized carbons (Fsp3) is 0.364. The van der Waals surface area contributed by atoms with Gasteiger partial charge in [-0.3, -0.25) is 4.79 Å². The number of hydrogen-bond acceptors (Lipinski definition) is 4. The minimum Gasteiger partial charge on any atom is -0.497 e. The Kier molecular flexibility index (Phi) is 5.74. The van der Waals surface area contributed by atoms with E-state index in [1.54, 1.807) is 7.11 Å². The zero-order valence-corrected chi connectivity index (χ0v) is 10.0. The van der Waals surface area contributed by atoms with Gasteiger partial charge in [-0.1, -0.05) is 0 Å². The molecule has 16 heavy (non-hydrogen) atoms. The van der Waals surface area contributed by atoms with Crippen molar-refractivity contribution < 1.29 is 9.53 Å². The summed E-state index contributed by atoms with van der Waals surface area (Å²) in [7, 11) is 1.61. The number of thioether (sulfide) groups is 1. The van der Waals surface area contributed by atoms with Gasteiger partial charge in [-0.15, -0.1) is 0 Å². The van der Waals surface area contributed by atoms with Crippen LogP contribution in [0.3, 0.4) is 0 Å². The summed E-state index contributed by atoms with van der Waals surface area (Å²) in [5.74, 6) is 2.00. The molecule has 0 spiro atoms. The highest BCUT2D eigenvalue weighted by atomic mass is 32.2. The molecule has 0 unspecified atom stereocenters. The van der Waals surface area contributed by atoms with Crippen molar-refractivity contribution >= 4 is 23.4 Å². The second kappa shape index (κ2) is 7.14. The Balaban J connectivity index is 2.37. The van der Waals surface area contributed by atoms with E-state index in [0.29, 0.717) is 12.3 Å². The number of methoxy groups -OCH3 is 1. The first-order chi connectivity index (χ1) is 7.76. The van der Waals surface area contributed by atoms with Gasteiger partial charge in [0.1, 0.15) is 5.75 Å². The number of amides is 1. The van der Waals surface area contributed by atoms with Gasteiger partial charge >= 0.3 is 0 Å². The fourth-order valence-electron chi connectivity index (χ4n) is 1.12. The fourth-order valence-corrected chi connectivity index (χ4v) is 1.69. The third kappa shape index (κ3) is 4.55. The Labute approximate surface area is 99.5 Å². The van der Waals surface area contributed by atoms with Gasteiger partial charge in [-0.2, -0.15) is 11.8 Å². The minimum atomic E-state index is -0.0105. The standard InChI is InChI=1S/C11H16N2O2S/c1-15-10-4-2-9(3-5-10)13-11(14)8-16-7-6-12/h2-5H,6-8,12H2,1H3,(H,13,14). The molecule has 0 bridgehead atoms. The van der Waals surface area contributed by atoms with Crippen LogP contribution in [0.15, 0.2) is 24.3 Å². The number of anilines is 1. The van der Waals surface area contributed by atoms with Crippen LogP contribution in [0.25, 0.3) is 0 Å². The van der Waals surface area contributed by atoms with Crippen LogP contribution >= 0.6 is 11.8 Å². The average molecular weight is 240 g/mol. The molecule has 0 heterocycles. The van der Waals surface area contributed by atoms with Crippen LogP contribution in [0.5, 0.6) is 5.75 Å². The molecule has 1 rings (SSSR count). The number of carbonyl (C=O) groups excluding carboxylic acids is 1. The van der Waals surface area contributed by atoms with E-state index in [9.17, 15) is 4.79 Å². The molecule has 3 N–H and O–H groups in total. The molecular weight excluding hydrogens is 224 g/mol. The van der Waals surface area contributed by atoms with E-state index in [2.05, 4.69) is 5.32 Å². The summed E-state index contributed by atoms with van der Waals surface area (Å²) < 4.78 is 5.02. The van der Waals surface area contributed by atoms with Crippen LogP contribution in [-0.4, -0.2) is 31.1 Å². The Bertz CT molecular complexity index is 327. The van der Waals surface area contributed by atoms with E-state index in [1.165, 1.54) is 11.8 Å². The highest BCUT2D eigenvalue weighted by Gasteiger charge is 2.01. The van der Waals surface area contributed by atoms with E-state index >= 15 is 0 Å². The Morgan fingerprint density at radius 1 is 1.44 bits per heavy atom. The molecule has 0 saturated carbocycles. The predicted molar refractivity (Wildman–Crippen MR) is 68.0 cm³/mol. The molecule has 4 nitrogen and oxygen atoms in total. The Hall–Kier alpha value is -1.20. The minimum absolute atomic E-state index is 0.0105. The van der Waals surface area contributed by atoms with Gasteiger partial charge in [-0.05, 0) is 24.3 Å². The summed E-state index contributed by atoms with van der Waals surface area (Å²) >= 11 is 1.53. The summed E-state index contributed by atoms with van der Waals surface area (Å²) in [6.45, 7) is 0.598. The lowest BCUT2D eigenvalue weighted by atomic mass is 10.3. The molecule has 1 aromatic rings. The first kappa shape index (κ1) is 12.9. The second-order valence-electron chi connectivity index (χ2n) is 3.12. The lowest BCUT2D eigenvalue weighted by Gasteiger charge is -2.05. The molecule has 5 heteroatoms. The van der Waals surface area contributed by atoms with Crippen molar-refractivity contribution in [2.24, 2.45) is 5.73 Å². The van der Waals surface area contributed by atoms with Crippen molar-refractivity contribution in [3.05, 3.63) is 24.3 Å². The van der Waals surface area contributed by atoms with E-state index in [1.807, 2.05) is 24.3 Å². The van der Waals surface area contributed by atoms with Crippen LogP contribution in [0.1, 0.15) is 0 Å². The largest absolute Gasteiger partial charge is 0.497 e. The normalized spacial score (nSPS) is 9.88. The maximum absolute atomic E-state index is 11.4. The van der Waals surface area contributed by atoms with Crippen LogP contribution in [0.2, 0.25) is 0 Å². The molecule has 0 radical (unpaired) electrons. The molecular formula is C11H16N2O2S. The molecule has 88 valence electrons. The molecule has 0 saturated heterocycles. The molecule has 1 amide bonds. The molecule has 0 aliphatic heterocycles. The van der Waals surface area contributed by atoms with Gasteiger partial charge in [0.2, 0.25) is 5.91 Å². The van der Waals surface area contributed by atoms with Crippen LogP contribution in [0, 0.1) is 0 Å². The van der Waals surface area contributed by atoms with E-state index in [0.717, 1.165) is 17.2 Å². The maximum Gasteiger partial charge on any atom is 0.234 e. The smallest absolute Gasteiger partial charge is 0.234 e. The monoisotopic (exact) mass is 240 g/mol. The van der Waals surface area contributed by atoms with Crippen molar-refractivity contribution in [1.29, 1.82) is 0 Å². The molecule has 0 aliphatic rings. The van der Waals surface area contributed by atoms with Gasteiger partial charge in [0.15, 0.2) is 0 Å². The van der Waals surface area contributed by atoms with Gasteiger partial charge in [0, 0.05) is 18.0 Å². The van der Waals surface area contributed by atoms with E-state index in [-0.39, 0.29) is 5.91 Å². The van der Waals surface area contributed by atoms with Crippen LogP contribution in [-0.2, 0) is 4.79 Å². The van der Waals surface area contributed by atoms with E-state index in [4.69, 9.17) is 10.5 Å². The molecule has 0 aliphatic carbocycles. The lowest BCUT2D eigenvalue weighted by molar-refractivity contribution is -0.113. The second-order valence-corrected chi connectivity index (χ2v) is 4.22. The molecule has 0 fully saturated rings. The third-order valence-electron chi connectivity index (χ3n) is 1.87. The van der Waals surface area contributed by atoms with E-state index < -0.39 is 0 Å². The number of nitrogens with one attached hydrogen (secondary N) is 1. The van der Waals surface area contributed by atoms with Crippen molar-refractivity contribution in [2.45, 2.75) is 0 Å². The number of nitrogens with two attached hydrogens (primary N) is 1. The number of ether oxygens (including phenoxy) is 1. The highest BCUT2D eigenvalue weighted by Crippen LogP contribution is 2.15. The number of benzene rings is 1. The summed E-state index contributed by atoms with van der Waals surface area (Å²) in [5.41, 5.74) is 6.11. The number of rotatable bonds is 6. The predicted octanol–water partition coefficient (Wildman–Crippen LogP) is 1.33. The van der Waals surface area contributed by atoms with Crippen LogP contribution in [0.4, 0.5) is 5.69 Å². The average Bonchev–Trinajstić information content (AvgIpc) is 2.30. The van der Waals surface area contributed by atoms with Gasteiger partial charge < -0.3 is 15.8 Å². The van der Waals surface area contributed by atoms with Crippen molar-refractivity contribution in [1.82, 2.24) is 0 Å². The zero-order valence-electron chi connectivity index (χ0n) is 9.23. The maximum atomic E-state index is 11.4. The SMILES string of the molecule is COc1ccc(NC(=O)CSCCN)cc1. The summed E-state index contributed by atoms with van der Waals surface area (Å²) in [6.07, 6.45) is 0. The highest BCUT2D eigenvalue weighted by molar-refractivity contribution is 7.99.